The number of rotatable bonds is 6. The topological polar surface area (TPSA) is 122 Å². The highest BCUT2D eigenvalue weighted by Gasteiger charge is 2.33. The molecule has 0 bridgehead atoms. The molecule has 0 saturated heterocycles. The summed E-state index contributed by atoms with van der Waals surface area (Å²) in [4.78, 5) is 60.7. The van der Waals surface area contributed by atoms with E-state index in [1.54, 1.807) is 24.3 Å². The van der Waals surface area contributed by atoms with Gasteiger partial charge in [0.2, 0.25) is 5.91 Å². The molecule has 2 aromatic rings. The van der Waals surface area contributed by atoms with E-state index in [1.165, 1.54) is 25.2 Å². The molecule has 0 fully saturated rings. The van der Waals surface area contributed by atoms with Gasteiger partial charge in [0.25, 0.3) is 17.7 Å². The first-order valence-corrected chi connectivity index (χ1v) is 9.52. The van der Waals surface area contributed by atoms with E-state index in [0.717, 1.165) is 4.90 Å². The van der Waals surface area contributed by atoms with Gasteiger partial charge in [-0.05, 0) is 46.3 Å². The molecule has 3 rings (SSSR count). The van der Waals surface area contributed by atoms with Crippen molar-refractivity contribution in [2.75, 3.05) is 25.5 Å². The summed E-state index contributed by atoms with van der Waals surface area (Å²) in [5, 5.41) is 4.96. The first kappa shape index (κ1) is 21.2. The molecule has 30 heavy (non-hydrogen) atoms. The molecular formula is C20H16BrN3O6. The quantitative estimate of drug-likeness (QED) is 0.485. The number of para-hydroxylation sites is 1. The van der Waals surface area contributed by atoms with Crippen molar-refractivity contribution in [1.82, 2.24) is 10.2 Å². The number of ether oxygens (including phenoxy) is 1. The van der Waals surface area contributed by atoms with Gasteiger partial charge < -0.3 is 15.4 Å². The van der Waals surface area contributed by atoms with Crippen molar-refractivity contribution in [1.29, 1.82) is 0 Å². The number of benzene rings is 2. The summed E-state index contributed by atoms with van der Waals surface area (Å²) in [7, 11) is 1.35. The Hall–Kier alpha value is -3.53. The fourth-order valence-corrected chi connectivity index (χ4v) is 3.07. The summed E-state index contributed by atoms with van der Waals surface area (Å²) in [6, 6.07) is 11.0. The smallest absolute Gasteiger partial charge is 0.338 e. The highest BCUT2D eigenvalue weighted by atomic mass is 79.9. The third kappa shape index (κ3) is 4.54. The Morgan fingerprint density at radius 3 is 2.43 bits per heavy atom. The van der Waals surface area contributed by atoms with Gasteiger partial charge in [0.15, 0.2) is 6.61 Å². The lowest BCUT2D eigenvalue weighted by atomic mass is 10.1. The number of carbonyl (C=O) groups excluding carboxylic acids is 5. The molecule has 154 valence electrons. The number of imide groups is 1. The Labute approximate surface area is 179 Å². The predicted molar refractivity (Wildman–Crippen MR) is 109 cm³/mol. The van der Waals surface area contributed by atoms with Crippen LogP contribution in [0.25, 0.3) is 0 Å². The average molecular weight is 474 g/mol. The maximum absolute atomic E-state index is 12.1. The molecular weight excluding hydrogens is 458 g/mol. The molecule has 0 saturated carbocycles. The summed E-state index contributed by atoms with van der Waals surface area (Å²) < 4.78 is 5.60. The van der Waals surface area contributed by atoms with E-state index in [-0.39, 0.29) is 23.2 Å². The van der Waals surface area contributed by atoms with E-state index < -0.39 is 36.2 Å². The summed E-state index contributed by atoms with van der Waals surface area (Å²) in [5.41, 5.74) is 0.890. The van der Waals surface area contributed by atoms with Gasteiger partial charge in [0, 0.05) is 11.5 Å². The van der Waals surface area contributed by atoms with Crippen molar-refractivity contribution in [3.05, 3.63) is 63.6 Å². The monoisotopic (exact) mass is 473 g/mol. The molecule has 0 aliphatic carbocycles. The third-order valence-electron chi connectivity index (χ3n) is 4.25. The van der Waals surface area contributed by atoms with Crippen LogP contribution < -0.4 is 10.6 Å². The fourth-order valence-electron chi connectivity index (χ4n) is 2.69. The number of amides is 4. The van der Waals surface area contributed by atoms with Crippen LogP contribution in [0.5, 0.6) is 0 Å². The highest BCUT2D eigenvalue weighted by Crippen LogP contribution is 2.23. The Morgan fingerprint density at radius 2 is 1.70 bits per heavy atom. The lowest BCUT2D eigenvalue weighted by Crippen LogP contribution is -2.35. The third-order valence-corrected chi connectivity index (χ3v) is 4.95. The van der Waals surface area contributed by atoms with E-state index in [4.69, 9.17) is 4.74 Å². The minimum Gasteiger partial charge on any atom is -0.452 e. The molecule has 0 aromatic heterocycles. The lowest BCUT2D eigenvalue weighted by molar-refractivity contribution is -0.126. The first-order valence-electron chi connectivity index (χ1n) is 8.72. The number of carbonyl (C=O) groups is 5. The predicted octanol–water partition coefficient (Wildman–Crippen LogP) is 1.59. The van der Waals surface area contributed by atoms with E-state index >= 15 is 0 Å². The van der Waals surface area contributed by atoms with Crippen LogP contribution in [0.2, 0.25) is 0 Å². The molecule has 0 atom stereocenters. The maximum atomic E-state index is 12.1. The lowest BCUT2D eigenvalue weighted by Gasteiger charge is -2.09. The molecule has 4 amide bonds. The van der Waals surface area contributed by atoms with Crippen LogP contribution in [0.15, 0.2) is 46.9 Å². The Bertz CT molecular complexity index is 1070. The van der Waals surface area contributed by atoms with Crippen LogP contribution in [0.1, 0.15) is 31.1 Å². The molecule has 2 N–H and O–H groups in total. The second-order valence-corrected chi connectivity index (χ2v) is 7.16. The molecule has 0 radical (unpaired) electrons. The fraction of sp³-hybridized carbons (Fsp3) is 0.150. The van der Waals surface area contributed by atoms with Crippen molar-refractivity contribution in [3.63, 3.8) is 0 Å². The number of nitrogens with zero attached hydrogens (tertiary/aromatic N) is 1. The van der Waals surface area contributed by atoms with Crippen LogP contribution >= 0.6 is 15.9 Å². The normalized spacial score (nSPS) is 12.4. The molecule has 10 heteroatoms. The van der Waals surface area contributed by atoms with Gasteiger partial charge in [0.05, 0.1) is 28.9 Å². The van der Waals surface area contributed by atoms with Crippen molar-refractivity contribution >= 4 is 51.2 Å². The molecule has 1 heterocycles. The van der Waals surface area contributed by atoms with E-state index in [9.17, 15) is 24.0 Å². The largest absolute Gasteiger partial charge is 0.452 e. The van der Waals surface area contributed by atoms with Gasteiger partial charge in [-0.15, -0.1) is 0 Å². The van der Waals surface area contributed by atoms with Crippen molar-refractivity contribution in [3.8, 4) is 0 Å². The average Bonchev–Trinajstić information content (AvgIpc) is 2.95. The van der Waals surface area contributed by atoms with Crippen LogP contribution in [-0.2, 0) is 14.3 Å². The Balaban J connectivity index is 1.49. The van der Waals surface area contributed by atoms with Crippen LogP contribution in [-0.4, -0.2) is 54.7 Å². The van der Waals surface area contributed by atoms with Gasteiger partial charge in [-0.25, -0.2) is 4.79 Å². The first-order chi connectivity index (χ1) is 14.3. The number of esters is 1. The minimum absolute atomic E-state index is 0.0321. The summed E-state index contributed by atoms with van der Waals surface area (Å²) in [5.74, 6) is -2.92. The Kier molecular flexibility index (Phi) is 6.26. The van der Waals surface area contributed by atoms with Crippen LogP contribution in [0.3, 0.4) is 0 Å². The zero-order chi connectivity index (χ0) is 21.8. The number of hydrogen-bond acceptors (Lipinski definition) is 6. The van der Waals surface area contributed by atoms with Gasteiger partial charge in [-0.2, -0.15) is 0 Å². The van der Waals surface area contributed by atoms with Crippen molar-refractivity contribution in [2.24, 2.45) is 0 Å². The minimum atomic E-state index is -0.833. The second kappa shape index (κ2) is 8.87. The summed E-state index contributed by atoms with van der Waals surface area (Å²) in [6.07, 6.45) is 0. The van der Waals surface area contributed by atoms with Gasteiger partial charge in [0.1, 0.15) is 0 Å². The van der Waals surface area contributed by atoms with Crippen molar-refractivity contribution in [2.45, 2.75) is 0 Å². The number of fused-ring (bicyclic) bond motifs is 1. The van der Waals surface area contributed by atoms with Gasteiger partial charge in [-0.3, -0.25) is 24.1 Å². The molecule has 1 aliphatic heterocycles. The van der Waals surface area contributed by atoms with Crippen LogP contribution in [0.4, 0.5) is 5.69 Å². The molecule has 2 aromatic carbocycles. The SMILES string of the molecule is CN1C(=O)c2ccc(C(=O)OCC(=O)NCC(=O)Nc3ccccc3Br)cc2C1=O. The van der Waals surface area contributed by atoms with Gasteiger partial charge in [-0.1, -0.05) is 12.1 Å². The van der Waals surface area contributed by atoms with E-state index in [0.29, 0.717) is 10.2 Å². The zero-order valence-electron chi connectivity index (χ0n) is 15.7. The maximum Gasteiger partial charge on any atom is 0.338 e. The highest BCUT2D eigenvalue weighted by molar-refractivity contribution is 9.10. The number of nitrogens with one attached hydrogen (secondary N) is 2. The van der Waals surface area contributed by atoms with Gasteiger partial charge >= 0.3 is 5.97 Å². The van der Waals surface area contributed by atoms with E-state index in [2.05, 4.69) is 26.6 Å². The molecule has 0 spiro atoms. The molecule has 9 nitrogen and oxygen atoms in total. The summed E-state index contributed by atoms with van der Waals surface area (Å²) in [6.45, 7) is -0.912. The zero-order valence-corrected chi connectivity index (χ0v) is 17.3. The number of halogens is 1. The number of hydrogen-bond donors (Lipinski definition) is 2. The molecule has 0 unspecified atom stereocenters. The van der Waals surface area contributed by atoms with E-state index in [1.807, 2.05) is 0 Å². The van der Waals surface area contributed by atoms with Crippen molar-refractivity contribution < 1.29 is 28.7 Å². The second-order valence-electron chi connectivity index (χ2n) is 6.31. The standard InChI is InChI=1S/C20H16BrN3O6/c1-24-18(27)12-7-6-11(8-13(12)19(24)28)20(29)30-10-17(26)22-9-16(25)23-15-5-3-2-4-14(15)21/h2-8H,9-10H2,1H3,(H,22,26)(H,23,25). The van der Waals surface area contributed by atoms with Crippen LogP contribution in [0, 0.1) is 0 Å². The Morgan fingerprint density at radius 1 is 1.00 bits per heavy atom. The molecule has 1 aliphatic rings. The number of anilines is 1. The summed E-state index contributed by atoms with van der Waals surface area (Å²) >= 11 is 3.29.